The third-order valence-corrected chi connectivity index (χ3v) is 3.23. The third kappa shape index (κ3) is 3.96. The van der Waals surface area contributed by atoms with Crippen molar-refractivity contribution >= 4 is 34.8 Å². The van der Waals surface area contributed by atoms with Gasteiger partial charge in [0.05, 0.1) is 28.5 Å². The summed E-state index contributed by atoms with van der Waals surface area (Å²) in [4.78, 5) is 11.8. The van der Waals surface area contributed by atoms with E-state index in [4.69, 9.17) is 23.2 Å². The number of hydrogen-bond donors (Lipinski definition) is 2. The van der Waals surface area contributed by atoms with Gasteiger partial charge in [-0.05, 0) is 12.1 Å². The van der Waals surface area contributed by atoms with Crippen molar-refractivity contribution in [2.24, 2.45) is 7.05 Å². The summed E-state index contributed by atoms with van der Waals surface area (Å²) in [5.41, 5.74) is 1.44. The first kappa shape index (κ1) is 14.8. The standard InChI is InChI=1S/C13H14Cl2N4O/c1-19-8-9(6-17-19)5-16-7-12(20)18-13-10(14)3-2-4-11(13)15/h2-4,6,8,16H,5,7H2,1H3,(H,18,20). The number of hydrogen-bond acceptors (Lipinski definition) is 3. The molecular formula is C13H14Cl2N4O. The lowest BCUT2D eigenvalue weighted by molar-refractivity contribution is -0.115. The summed E-state index contributed by atoms with van der Waals surface area (Å²) >= 11 is 12.0. The average Bonchev–Trinajstić information content (AvgIpc) is 2.80. The molecule has 1 amide bonds. The minimum Gasteiger partial charge on any atom is -0.322 e. The molecule has 1 aromatic carbocycles. The number of nitrogens with zero attached hydrogens (tertiary/aromatic N) is 2. The second-order valence-electron chi connectivity index (χ2n) is 4.27. The SMILES string of the molecule is Cn1cc(CNCC(=O)Nc2c(Cl)cccc2Cl)cn1. The Balaban J connectivity index is 1.84. The van der Waals surface area contributed by atoms with Crippen molar-refractivity contribution in [1.29, 1.82) is 0 Å². The summed E-state index contributed by atoms with van der Waals surface area (Å²) in [5, 5.41) is 10.6. The largest absolute Gasteiger partial charge is 0.322 e. The van der Waals surface area contributed by atoms with E-state index in [2.05, 4.69) is 15.7 Å². The molecule has 0 atom stereocenters. The predicted molar refractivity (Wildman–Crippen MR) is 80.0 cm³/mol. The number of halogens is 2. The van der Waals surface area contributed by atoms with Crippen molar-refractivity contribution < 1.29 is 4.79 Å². The van der Waals surface area contributed by atoms with Crippen LogP contribution in [0, 0.1) is 0 Å². The summed E-state index contributed by atoms with van der Waals surface area (Å²) in [6.07, 6.45) is 3.63. The lowest BCUT2D eigenvalue weighted by atomic mass is 10.3. The van der Waals surface area contributed by atoms with Crippen LogP contribution in [0.1, 0.15) is 5.56 Å². The molecule has 2 N–H and O–H groups in total. The number of aromatic nitrogens is 2. The van der Waals surface area contributed by atoms with Crippen LogP contribution >= 0.6 is 23.2 Å². The van der Waals surface area contributed by atoms with Crippen LogP contribution in [0.3, 0.4) is 0 Å². The molecule has 0 spiro atoms. The smallest absolute Gasteiger partial charge is 0.238 e. The van der Waals surface area contributed by atoms with E-state index >= 15 is 0 Å². The highest BCUT2D eigenvalue weighted by Crippen LogP contribution is 2.29. The predicted octanol–water partition coefficient (Wildman–Crippen LogP) is 2.46. The molecule has 106 valence electrons. The van der Waals surface area contributed by atoms with Crippen molar-refractivity contribution in [2.75, 3.05) is 11.9 Å². The van der Waals surface area contributed by atoms with E-state index in [0.29, 0.717) is 22.3 Å². The number of anilines is 1. The average molecular weight is 313 g/mol. The summed E-state index contributed by atoms with van der Waals surface area (Å²) in [6.45, 7) is 0.730. The van der Waals surface area contributed by atoms with Crippen LogP contribution in [0.5, 0.6) is 0 Å². The van der Waals surface area contributed by atoms with E-state index in [1.165, 1.54) is 0 Å². The Morgan fingerprint density at radius 1 is 1.35 bits per heavy atom. The fourth-order valence-corrected chi connectivity index (χ4v) is 2.18. The van der Waals surface area contributed by atoms with Crippen molar-refractivity contribution in [2.45, 2.75) is 6.54 Å². The van der Waals surface area contributed by atoms with E-state index in [1.807, 2.05) is 13.2 Å². The molecule has 0 radical (unpaired) electrons. The lowest BCUT2D eigenvalue weighted by Gasteiger charge is -2.09. The van der Waals surface area contributed by atoms with Crippen LogP contribution < -0.4 is 10.6 Å². The first-order chi connectivity index (χ1) is 9.56. The van der Waals surface area contributed by atoms with Crippen LogP contribution in [0.15, 0.2) is 30.6 Å². The summed E-state index contributed by atoms with van der Waals surface area (Å²) in [5.74, 6) is -0.205. The van der Waals surface area contributed by atoms with Gasteiger partial charge in [0.25, 0.3) is 0 Å². The molecular weight excluding hydrogens is 299 g/mol. The van der Waals surface area contributed by atoms with Gasteiger partial charge in [-0.15, -0.1) is 0 Å². The number of aryl methyl sites for hydroxylation is 1. The molecule has 0 aliphatic rings. The molecule has 0 bridgehead atoms. The van der Waals surface area contributed by atoms with Crippen LogP contribution in [-0.2, 0) is 18.4 Å². The molecule has 5 nitrogen and oxygen atoms in total. The zero-order valence-corrected chi connectivity index (χ0v) is 12.4. The molecule has 2 rings (SSSR count). The first-order valence-corrected chi connectivity index (χ1v) is 6.74. The highest BCUT2D eigenvalue weighted by molar-refractivity contribution is 6.39. The fourth-order valence-electron chi connectivity index (χ4n) is 1.68. The van der Waals surface area contributed by atoms with Gasteiger partial charge in [0, 0.05) is 25.4 Å². The van der Waals surface area contributed by atoms with Gasteiger partial charge >= 0.3 is 0 Å². The Bertz CT molecular complexity index is 592. The molecule has 2 aromatic rings. The quantitative estimate of drug-likeness (QED) is 0.891. The maximum atomic E-state index is 11.8. The van der Waals surface area contributed by atoms with Crippen molar-refractivity contribution in [1.82, 2.24) is 15.1 Å². The molecule has 0 saturated heterocycles. The first-order valence-electron chi connectivity index (χ1n) is 5.98. The van der Waals surface area contributed by atoms with E-state index in [1.54, 1.807) is 29.1 Å². The van der Waals surface area contributed by atoms with Gasteiger partial charge in [0.2, 0.25) is 5.91 Å². The number of carbonyl (C=O) groups excluding carboxylic acids is 1. The molecule has 0 aliphatic carbocycles. The number of nitrogens with one attached hydrogen (secondary N) is 2. The molecule has 1 aromatic heterocycles. The Morgan fingerprint density at radius 2 is 2.05 bits per heavy atom. The van der Waals surface area contributed by atoms with E-state index in [9.17, 15) is 4.79 Å². The van der Waals surface area contributed by atoms with Gasteiger partial charge in [-0.25, -0.2) is 0 Å². The Morgan fingerprint density at radius 3 is 2.65 bits per heavy atom. The molecule has 0 saturated carbocycles. The number of rotatable bonds is 5. The Hall–Kier alpha value is -1.56. The second kappa shape index (κ2) is 6.74. The van der Waals surface area contributed by atoms with Crippen molar-refractivity contribution in [3.05, 3.63) is 46.2 Å². The van der Waals surface area contributed by atoms with Crippen molar-refractivity contribution in [3.63, 3.8) is 0 Å². The van der Waals surface area contributed by atoms with Gasteiger partial charge in [0.15, 0.2) is 0 Å². The van der Waals surface area contributed by atoms with Crippen LogP contribution in [0.2, 0.25) is 10.0 Å². The maximum Gasteiger partial charge on any atom is 0.238 e. The number of carbonyl (C=O) groups is 1. The van der Waals surface area contributed by atoms with Gasteiger partial charge in [-0.3, -0.25) is 9.48 Å². The van der Waals surface area contributed by atoms with E-state index < -0.39 is 0 Å². The summed E-state index contributed by atoms with van der Waals surface area (Å²) in [6, 6.07) is 5.07. The third-order valence-electron chi connectivity index (χ3n) is 2.60. The normalized spacial score (nSPS) is 10.6. The fraction of sp³-hybridized carbons (Fsp3) is 0.231. The molecule has 0 aliphatic heterocycles. The number of benzene rings is 1. The van der Waals surface area contributed by atoms with E-state index in [-0.39, 0.29) is 12.5 Å². The summed E-state index contributed by atoms with van der Waals surface area (Å²) in [7, 11) is 1.84. The zero-order chi connectivity index (χ0) is 14.5. The molecule has 7 heteroatoms. The monoisotopic (exact) mass is 312 g/mol. The van der Waals surface area contributed by atoms with Gasteiger partial charge in [0.1, 0.15) is 0 Å². The minimum atomic E-state index is -0.205. The molecule has 20 heavy (non-hydrogen) atoms. The Labute approximate surface area is 126 Å². The van der Waals surface area contributed by atoms with Gasteiger partial charge in [-0.1, -0.05) is 29.3 Å². The van der Waals surface area contributed by atoms with Crippen LogP contribution in [0.25, 0.3) is 0 Å². The molecule has 1 heterocycles. The number of para-hydroxylation sites is 1. The highest BCUT2D eigenvalue weighted by Gasteiger charge is 2.09. The maximum absolute atomic E-state index is 11.8. The van der Waals surface area contributed by atoms with Crippen LogP contribution in [-0.4, -0.2) is 22.2 Å². The lowest BCUT2D eigenvalue weighted by Crippen LogP contribution is -2.27. The number of amides is 1. The zero-order valence-electron chi connectivity index (χ0n) is 10.9. The second-order valence-corrected chi connectivity index (χ2v) is 5.09. The van der Waals surface area contributed by atoms with E-state index in [0.717, 1.165) is 5.56 Å². The van der Waals surface area contributed by atoms with Crippen LogP contribution in [0.4, 0.5) is 5.69 Å². The highest BCUT2D eigenvalue weighted by atomic mass is 35.5. The topological polar surface area (TPSA) is 59.0 Å². The summed E-state index contributed by atoms with van der Waals surface area (Å²) < 4.78 is 1.71. The van der Waals surface area contributed by atoms with Crippen molar-refractivity contribution in [3.8, 4) is 0 Å². The molecule has 0 unspecified atom stereocenters. The van der Waals surface area contributed by atoms with Gasteiger partial charge in [-0.2, -0.15) is 5.10 Å². The minimum absolute atomic E-state index is 0.163. The molecule has 0 fully saturated rings. The van der Waals surface area contributed by atoms with Gasteiger partial charge < -0.3 is 10.6 Å². The Kier molecular flexibility index (Phi) is 5.00.